The molecule has 0 bridgehead atoms. The van der Waals surface area contributed by atoms with Crippen LogP contribution in [0.15, 0.2) is 30.9 Å². The first kappa shape index (κ1) is 22.9. The van der Waals surface area contributed by atoms with Crippen molar-refractivity contribution in [2.24, 2.45) is 0 Å². The number of ether oxygens (including phenoxy) is 1. The number of carbonyl (C=O) groups excluding carboxylic acids is 1. The minimum Gasteiger partial charge on any atom is -0.461 e. The van der Waals surface area contributed by atoms with Gasteiger partial charge in [-0.3, -0.25) is 4.79 Å². The molecule has 2 aromatic rings. The van der Waals surface area contributed by atoms with E-state index in [1.165, 1.54) is 17.3 Å². The first-order valence-corrected chi connectivity index (χ1v) is 8.72. The molecule has 1 aromatic heterocycles. The average molecular weight is 436 g/mol. The molecule has 1 aromatic carbocycles. The van der Waals surface area contributed by atoms with Gasteiger partial charge in [0.25, 0.3) is 6.23 Å². The first-order valence-electron chi connectivity index (χ1n) is 8.34. The third kappa shape index (κ3) is 6.33. The summed E-state index contributed by atoms with van der Waals surface area (Å²) in [4.78, 5) is 16.5. The van der Waals surface area contributed by atoms with Crippen molar-refractivity contribution in [3.05, 3.63) is 105 Å². The second-order valence-corrected chi connectivity index (χ2v) is 6.16. The van der Waals surface area contributed by atoms with Crippen LogP contribution in [0.25, 0.3) is 0 Å². The molecule has 10 radical (unpaired) electrons. The Kier molecular flexibility index (Phi) is 9.49. The molecule has 2 saturated carbocycles. The van der Waals surface area contributed by atoms with E-state index in [0.29, 0.717) is 16.7 Å². The predicted octanol–water partition coefficient (Wildman–Crippen LogP) is 3.81. The van der Waals surface area contributed by atoms with Gasteiger partial charge in [-0.25, -0.2) is 9.67 Å². The number of hydrogen-bond acceptors (Lipinski definition) is 4. The van der Waals surface area contributed by atoms with Crippen LogP contribution in [0.3, 0.4) is 0 Å². The third-order valence-corrected chi connectivity index (χ3v) is 4.21. The zero-order valence-electron chi connectivity index (χ0n) is 15.0. The van der Waals surface area contributed by atoms with E-state index in [2.05, 4.69) is 10.1 Å². The number of nitrogens with zero attached hydrogens (tertiary/aromatic N) is 3. The SMILES string of the molecule is Cc1cc(OC(C(=O)[C]2[CH][CH][CH][CH]2)n2cncn2)ccc1Cl.[CH]1[CH][CH][CH][CH]1.[Fe+2]. The summed E-state index contributed by atoms with van der Waals surface area (Å²) in [6, 6.07) is 5.24. The van der Waals surface area contributed by atoms with Crippen LogP contribution in [-0.4, -0.2) is 20.5 Å². The fourth-order valence-corrected chi connectivity index (χ4v) is 2.50. The van der Waals surface area contributed by atoms with Crippen molar-refractivity contribution < 1.29 is 26.6 Å². The molecule has 7 heteroatoms. The molecule has 1 unspecified atom stereocenters. The molecule has 0 amide bonds. The molecular weight excluding hydrogens is 418 g/mol. The minimum atomic E-state index is -0.912. The molecule has 0 saturated heterocycles. The largest absolute Gasteiger partial charge is 2.00 e. The van der Waals surface area contributed by atoms with E-state index in [4.69, 9.17) is 16.3 Å². The maximum atomic E-state index is 12.6. The summed E-state index contributed by atoms with van der Waals surface area (Å²) in [5.74, 6) is 0.914. The number of aryl methyl sites for hydroxylation is 1. The molecule has 0 aliphatic heterocycles. The van der Waals surface area contributed by atoms with E-state index in [0.717, 1.165) is 5.56 Å². The van der Waals surface area contributed by atoms with Gasteiger partial charge in [0, 0.05) is 5.02 Å². The first-order chi connectivity index (χ1) is 13.1. The van der Waals surface area contributed by atoms with E-state index >= 15 is 0 Å². The van der Waals surface area contributed by atoms with E-state index in [9.17, 15) is 4.79 Å². The molecule has 2 aliphatic carbocycles. The van der Waals surface area contributed by atoms with E-state index in [-0.39, 0.29) is 22.9 Å². The summed E-state index contributed by atoms with van der Waals surface area (Å²) in [7, 11) is 0. The molecule has 2 aliphatic rings. The average Bonchev–Trinajstić information content (AvgIpc) is 3.46. The molecule has 142 valence electrons. The standard InChI is InChI=1S/C16H13ClN3O2.C5H5.Fe/c1-11-8-13(6-7-14(11)17)22-16(20-10-18-9-19-20)15(21)12-4-2-3-5-12;1-2-4-5-3-1;/h2-10,16H,1H3;1-5H;/q;;+2. The summed E-state index contributed by atoms with van der Waals surface area (Å²) < 4.78 is 7.22. The number of carbonyl (C=O) groups is 1. The Labute approximate surface area is 182 Å². The quantitative estimate of drug-likeness (QED) is 0.670. The third-order valence-electron chi connectivity index (χ3n) is 3.78. The molecule has 1 heterocycles. The van der Waals surface area contributed by atoms with Crippen molar-refractivity contribution in [2.45, 2.75) is 13.2 Å². The summed E-state index contributed by atoms with van der Waals surface area (Å²) in [6.45, 7) is 1.87. The molecule has 0 spiro atoms. The van der Waals surface area contributed by atoms with Crippen molar-refractivity contribution in [3.8, 4) is 5.75 Å². The molecular formula is C21H18ClFeN3O2+2. The Morgan fingerprint density at radius 1 is 1.07 bits per heavy atom. The number of hydrogen-bond donors (Lipinski definition) is 0. The van der Waals surface area contributed by atoms with Gasteiger partial charge in [-0.1, -0.05) is 11.6 Å². The maximum absolute atomic E-state index is 12.6. The fourth-order valence-electron chi connectivity index (χ4n) is 2.39. The van der Waals surface area contributed by atoms with Crippen molar-refractivity contribution >= 4 is 17.4 Å². The van der Waals surface area contributed by atoms with Crippen LogP contribution in [0.5, 0.6) is 5.75 Å². The normalized spacial score (nSPS) is 17.4. The van der Waals surface area contributed by atoms with E-state index in [1.807, 2.05) is 39.0 Å². The Bertz CT molecular complexity index is 722. The monoisotopic (exact) mass is 435 g/mol. The molecule has 0 N–H and O–H groups in total. The van der Waals surface area contributed by atoms with Crippen LogP contribution >= 0.6 is 11.6 Å². The summed E-state index contributed by atoms with van der Waals surface area (Å²) in [6.07, 6.45) is 19.0. The Morgan fingerprint density at radius 3 is 2.25 bits per heavy atom. The maximum Gasteiger partial charge on any atom is 2.00 e. The van der Waals surface area contributed by atoms with Gasteiger partial charge in [0.1, 0.15) is 18.4 Å². The van der Waals surface area contributed by atoms with Gasteiger partial charge in [-0.05, 0) is 88.5 Å². The molecule has 4 rings (SSSR count). The number of aromatic nitrogens is 3. The molecule has 5 nitrogen and oxygen atoms in total. The zero-order valence-corrected chi connectivity index (χ0v) is 16.9. The van der Waals surface area contributed by atoms with Gasteiger partial charge >= 0.3 is 17.1 Å². The predicted molar refractivity (Wildman–Crippen MR) is 103 cm³/mol. The van der Waals surface area contributed by atoms with Crippen molar-refractivity contribution in [3.63, 3.8) is 0 Å². The van der Waals surface area contributed by atoms with E-state index in [1.54, 1.807) is 43.9 Å². The van der Waals surface area contributed by atoms with Crippen LogP contribution in [0.1, 0.15) is 11.8 Å². The summed E-state index contributed by atoms with van der Waals surface area (Å²) >= 11 is 6.01. The molecule has 2 fully saturated rings. The van der Waals surface area contributed by atoms with Crippen LogP contribution in [0.2, 0.25) is 5.02 Å². The number of benzene rings is 1. The fraction of sp³-hybridized carbons (Fsp3) is 0.0952. The second kappa shape index (κ2) is 11.6. The smallest absolute Gasteiger partial charge is 0.461 e. The minimum absolute atomic E-state index is 0. The van der Waals surface area contributed by atoms with Crippen LogP contribution < -0.4 is 4.74 Å². The molecule has 28 heavy (non-hydrogen) atoms. The number of rotatable bonds is 5. The topological polar surface area (TPSA) is 57.0 Å². The number of Topliss-reactive ketones (excluding diaryl/α,β-unsaturated/α-hetero) is 1. The van der Waals surface area contributed by atoms with Gasteiger partial charge < -0.3 is 4.74 Å². The van der Waals surface area contributed by atoms with Crippen molar-refractivity contribution in [1.82, 2.24) is 14.8 Å². The Morgan fingerprint density at radius 2 is 1.71 bits per heavy atom. The summed E-state index contributed by atoms with van der Waals surface area (Å²) in [5.41, 5.74) is 0.872. The van der Waals surface area contributed by atoms with Gasteiger partial charge in [0.05, 0.1) is 5.92 Å². The Balaban J connectivity index is 0.000000408. The molecule has 1 atom stereocenters. The van der Waals surface area contributed by atoms with E-state index < -0.39 is 6.23 Å². The number of halogens is 1. The van der Waals surface area contributed by atoms with Crippen LogP contribution in [0.4, 0.5) is 0 Å². The Hall–Kier alpha value is -1.36. The van der Waals surface area contributed by atoms with Crippen molar-refractivity contribution in [2.75, 3.05) is 0 Å². The van der Waals surface area contributed by atoms with Gasteiger partial charge in [-0.2, -0.15) is 5.10 Å². The van der Waals surface area contributed by atoms with Crippen LogP contribution in [-0.2, 0) is 21.9 Å². The summed E-state index contributed by atoms with van der Waals surface area (Å²) in [5, 5.41) is 4.66. The van der Waals surface area contributed by atoms with Crippen LogP contribution in [0, 0.1) is 70.6 Å². The number of ketones is 1. The van der Waals surface area contributed by atoms with Gasteiger partial charge in [0.15, 0.2) is 0 Å². The second-order valence-electron chi connectivity index (χ2n) is 5.76. The van der Waals surface area contributed by atoms with Crippen molar-refractivity contribution in [1.29, 1.82) is 0 Å². The van der Waals surface area contributed by atoms with Gasteiger partial charge in [-0.15, -0.1) is 0 Å². The zero-order chi connectivity index (χ0) is 19.1. The van der Waals surface area contributed by atoms with Gasteiger partial charge in [0.2, 0.25) is 5.78 Å².